The number of allylic oxidation sites excluding steroid dienone is 4. The van der Waals surface area contributed by atoms with Crippen molar-refractivity contribution >= 4 is 27.3 Å². The Morgan fingerprint density at radius 1 is 1.00 bits per heavy atom. The molecule has 2 nitrogen and oxygen atoms in total. The molecule has 1 aliphatic heterocycles. The van der Waals surface area contributed by atoms with Gasteiger partial charge in [0.25, 0.3) is 0 Å². The van der Waals surface area contributed by atoms with Crippen molar-refractivity contribution in [1.82, 2.24) is 4.90 Å². The molecule has 2 aromatic rings. The number of hydrogen-bond donors (Lipinski definition) is 0. The van der Waals surface area contributed by atoms with Crippen molar-refractivity contribution in [2.24, 2.45) is 0 Å². The van der Waals surface area contributed by atoms with Gasteiger partial charge in [0.05, 0.1) is 0 Å². The number of carbonyl (C=O) groups excluding carboxylic acids is 1. The van der Waals surface area contributed by atoms with Gasteiger partial charge < -0.3 is 4.90 Å². The smallest absolute Gasteiger partial charge is 0.185 e. The SMILES string of the molecule is O=C(/C=C/C1=C(N2CCCCC2)Cc2ccccc21)c1cccc(Br)c1. The first-order chi connectivity index (χ1) is 12.7. The van der Waals surface area contributed by atoms with Crippen LogP contribution < -0.4 is 0 Å². The van der Waals surface area contributed by atoms with E-state index in [1.807, 2.05) is 30.3 Å². The lowest BCUT2D eigenvalue weighted by Gasteiger charge is -2.30. The molecule has 0 N–H and O–H groups in total. The van der Waals surface area contributed by atoms with Crippen molar-refractivity contribution in [3.05, 3.63) is 87.5 Å². The van der Waals surface area contributed by atoms with E-state index in [1.54, 1.807) is 6.08 Å². The molecular weight excluding hydrogens is 386 g/mol. The molecule has 0 unspecified atom stereocenters. The highest BCUT2D eigenvalue weighted by Crippen LogP contribution is 2.36. The molecule has 2 aliphatic rings. The van der Waals surface area contributed by atoms with Crippen LogP contribution in [0.1, 0.15) is 40.7 Å². The average Bonchev–Trinajstić information content (AvgIpc) is 3.05. The summed E-state index contributed by atoms with van der Waals surface area (Å²) in [7, 11) is 0. The van der Waals surface area contributed by atoms with Crippen molar-refractivity contribution in [2.75, 3.05) is 13.1 Å². The fourth-order valence-corrected chi connectivity index (χ4v) is 4.30. The maximum atomic E-state index is 12.6. The zero-order valence-corrected chi connectivity index (χ0v) is 16.3. The molecule has 26 heavy (non-hydrogen) atoms. The summed E-state index contributed by atoms with van der Waals surface area (Å²) in [6, 6.07) is 16.1. The van der Waals surface area contributed by atoms with Crippen LogP contribution in [0.5, 0.6) is 0 Å². The fraction of sp³-hybridized carbons (Fsp3) is 0.261. The number of nitrogens with zero attached hydrogens (tertiary/aromatic N) is 1. The van der Waals surface area contributed by atoms with Gasteiger partial charge in [-0.3, -0.25) is 4.79 Å². The van der Waals surface area contributed by atoms with E-state index in [2.05, 4.69) is 45.1 Å². The third kappa shape index (κ3) is 3.54. The van der Waals surface area contributed by atoms with Crippen LogP contribution in [0.3, 0.4) is 0 Å². The van der Waals surface area contributed by atoms with Crippen molar-refractivity contribution in [1.29, 1.82) is 0 Å². The number of rotatable bonds is 4. The summed E-state index contributed by atoms with van der Waals surface area (Å²) in [5.41, 5.74) is 5.94. The van der Waals surface area contributed by atoms with Gasteiger partial charge in [0.2, 0.25) is 0 Å². The van der Waals surface area contributed by atoms with Gasteiger partial charge in [-0.2, -0.15) is 0 Å². The molecule has 1 fully saturated rings. The number of carbonyl (C=O) groups is 1. The Morgan fingerprint density at radius 2 is 1.81 bits per heavy atom. The minimum Gasteiger partial charge on any atom is -0.374 e. The first kappa shape index (κ1) is 17.3. The molecule has 0 bridgehead atoms. The van der Waals surface area contributed by atoms with Gasteiger partial charge in [0.1, 0.15) is 0 Å². The number of piperidine rings is 1. The van der Waals surface area contributed by atoms with Crippen LogP contribution in [0.25, 0.3) is 5.57 Å². The molecule has 0 amide bonds. The molecule has 0 radical (unpaired) electrons. The first-order valence-corrected chi connectivity index (χ1v) is 10.1. The number of ketones is 1. The molecule has 1 saturated heterocycles. The van der Waals surface area contributed by atoms with Crippen LogP contribution in [0.4, 0.5) is 0 Å². The van der Waals surface area contributed by atoms with Crippen molar-refractivity contribution in [2.45, 2.75) is 25.7 Å². The zero-order chi connectivity index (χ0) is 17.9. The van der Waals surface area contributed by atoms with Gasteiger partial charge in [-0.15, -0.1) is 0 Å². The fourth-order valence-electron chi connectivity index (χ4n) is 3.90. The quantitative estimate of drug-likeness (QED) is 0.482. The molecule has 0 spiro atoms. The standard InChI is InChI=1S/C23H22BrNO/c24-19-9-6-8-18(15-19)23(26)12-11-21-20-10-3-2-7-17(20)16-22(21)25-13-4-1-5-14-25/h2-3,6-12,15H,1,4-5,13-14,16H2/b12-11+. The van der Waals surface area contributed by atoms with Crippen LogP contribution in [0.2, 0.25) is 0 Å². The van der Waals surface area contributed by atoms with E-state index in [4.69, 9.17) is 0 Å². The van der Waals surface area contributed by atoms with Crippen LogP contribution in [-0.2, 0) is 6.42 Å². The minimum absolute atomic E-state index is 0.0428. The molecule has 0 atom stereocenters. The lowest BCUT2D eigenvalue weighted by atomic mass is 10.0. The van der Waals surface area contributed by atoms with E-state index < -0.39 is 0 Å². The first-order valence-electron chi connectivity index (χ1n) is 9.27. The van der Waals surface area contributed by atoms with Gasteiger partial charge in [-0.25, -0.2) is 0 Å². The van der Waals surface area contributed by atoms with Crippen LogP contribution in [0.15, 0.2) is 70.9 Å². The third-order valence-electron chi connectivity index (χ3n) is 5.22. The van der Waals surface area contributed by atoms with Gasteiger partial charge in [-0.1, -0.05) is 52.3 Å². The Kier molecular flexibility index (Phi) is 5.07. The highest BCUT2D eigenvalue weighted by Gasteiger charge is 2.24. The Hall–Kier alpha value is -2.13. The van der Waals surface area contributed by atoms with Crippen LogP contribution in [-0.4, -0.2) is 23.8 Å². The number of hydrogen-bond acceptors (Lipinski definition) is 2. The second-order valence-electron chi connectivity index (χ2n) is 6.95. The zero-order valence-electron chi connectivity index (χ0n) is 14.7. The lowest BCUT2D eigenvalue weighted by Crippen LogP contribution is -2.29. The molecule has 3 heteroatoms. The van der Waals surface area contributed by atoms with E-state index in [0.29, 0.717) is 5.56 Å². The summed E-state index contributed by atoms with van der Waals surface area (Å²) >= 11 is 3.44. The molecule has 2 aromatic carbocycles. The molecule has 4 rings (SSSR count). The minimum atomic E-state index is 0.0428. The molecule has 0 saturated carbocycles. The lowest BCUT2D eigenvalue weighted by molar-refractivity contribution is 0.104. The Labute approximate surface area is 163 Å². The van der Waals surface area contributed by atoms with Crippen LogP contribution >= 0.6 is 15.9 Å². The molecule has 1 heterocycles. The van der Waals surface area contributed by atoms with Gasteiger partial charge in [-0.05, 0) is 54.7 Å². The maximum absolute atomic E-state index is 12.6. The van der Waals surface area contributed by atoms with E-state index >= 15 is 0 Å². The van der Waals surface area contributed by atoms with E-state index in [9.17, 15) is 4.79 Å². The number of fused-ring (bicyclic) bond motifs is 1. The monoisotopic (exact) mass is 407 g/mol. The molecule has 1 aliphatic carbocycles. The average molecular weight is 408 g/mol. The topological polar surface area (TPSA) is 20.3 Å². The maximum Gasteiger partial charge on any atom is 0.185 e. The van der Waals surface area contributed by atoms with E-state index in [0.717, 1.165) is 24.0 Å². The van der Waals surface area contributed by atoms with Gasteiger partial charge in [0, 0.05) is 40.8 Å². The van der Waals surface area contributed by atoms with Crippen molar-refractivity contribution < 1.29 is 4.79 Å². The Balaban J connectivity index is 1.66. The molecular formula is C23H22BrNO. The third-order valence-corrected chi connectivity index (χ3v) is 5.72. The van der Waals surface area contributed by atoms with E-state index in [-0.39, 0.29) is 5.78 Å². The van der Waals surface area contributed by atoms with E-state index in [1.165, 1.54) is 41.7 Å². The summed E-state index contributed by atoms with van der Waals surface area (Å²) < 4.78 is 0.927. The Morgan fingerprint density at radius 3 is 2.62 bits per heavy atom. The van der Waals surface area contributed by atoms with Gasteiger partial charge in [0.15, 0.2) is 5.78 Å². The van der Waals surface area contributed by atoms with Gasteiger partial charge >= 0.3 is 0 Å². The van der Waals surface area contributed by atoms with Crippen molar-refractivity contribution in [3.8, 4) is 0 Å². The second kappa shape index (κ2) is 7.63. The largest absolute Gasteiger partial charge is 0.374 e. The summed E-state index contributed by atoms with van der Waals surface area (Å²) in [5, 5.41) is 0. The molecule has 0 aromatic heterocycles. The summed E-state index contributed by atoms with van der Waals surface area (Å²) in [4.78, 5) is 15.1. The number of halogens is 1. The highest BCUT2D eigenvalue weighted by atomic mass is 79.9. The summed E-state index contributed by atoms with van der Waals surface area (Å²) in [6.45, 7) is 2.25. The number of likely N-dealkylation sites (tertiary alicyclic amines) is 1. The van der Waals surface area contributed by atoms with Crippen LogP contribution in [0, 0.1) is 0 Å². The predicted octanol–water partition coefficient (Wildman–Crippen LogP) is 5.64. The second-order valence-corrected chi connectivity index (χ2v) is 7.87. The molecule has 132 valence electrons. The summed E-state index contributed by atoms with van der Waals surface area (Å²) in [6.07, 6.45) is 8.56. The number of benzene rings is 2. The van der Waals surface area contributed by atoms with Crippen molar-refractivity contribution in [3.63, 3.8) is 0 Å². The highest BCUT2D eigenvalue weighted by molar-refractivity contribution is 9.10. The Bertz CT molecular complexity index is 891. The normalized spacial score (nSPS) is 17.0. The summed E-state index contributed by atoms with van der Waals surface area (Å²) in [5.74, 6) is 0.0428. The predicted molar refractivity (Wildman–Crippen MR) is 110 cm³/mol.